The van der Waals surface area contributed by atoms with Crippen LogP contribution in [0.15, 0.2) is 255 Å². The number of fused-ring (bicyclic) bond motifs is 1. The third-order valence-corrected chi connectivity index (χ3v) is 13.1. The molecule has 0 fully saturated rings. The molecule has 0 saturated carbocycles. The molecule has 6 N–H and O–H groups in total. The molecule has 0 bridgehead atoms. The molecule has 10 aromatic carbocycles. The maximum atomic E-state index is 6.67. The number of allylic oxidation sites excluding steroid dienone is 2. The highest BCUT2D eigenvalue weighted by atomic mass is 15.0. The van der Waals surface area contributed by atoms with Gasteiger partial charge in [-0.2, -0.15) is 0 Å². The molecule has 0 aliphatic rings. The molecule has 10 aromatic rings. The van der Waals surface area contributed by atoms with Crippen LogP contribution >= 0.6 is 0 Å². The van der Waals surface area contributed by atoms with Crippen LogP contribution in [0, 0.1) is 6.92 Å². The second-order valence-electron chi connectivity index (χ2n) is 18.1. The van der Waals surface area contributed by atoms with Gasteiger partial charge in [-0.05, 0) is 147 Å². The average Bonchev–Trinajstić information content (AvgIpc) is 3.44. The Bertz CT molecular complexity index is 3270. The van der Waals surface area contributed by atoms with E-state index in [1.54, 1.807) is 0 Å². The molecule has 0 aliphatic heterocycles. The fraction of sp³-hybridized carbons (Fsp3) is 0.118. The fourth-order valence-corrected chi connectivity index (χ4v) is 8.89. The lowest BCUT2D eigenvalue weighted by Crippen LogP contribution is -2.20. The molecular formula is C68H66N4. The number of rotatable bonds is 13. The summed E-state index contributed by atoms with van der Waals surface area (Å²) in [6.45, 7) is 6.97. The van der Waals surface area contributed by atoms with Crippen LogP contribution in [0.1, 0.15) is 65.0 Å². The van der Waals surface area contributed by atoms with E-state index in [0.29, 0.717) is 0 Å². The van der Waals surface area contributed by atoms with Gasteiger partial charge in [0.1, 0.15) is 6.17 Å². The van der Waals surface area contributed by atoms with Crippen LogP contribution in [0.25, 0.3) is 55.3 Å². The number of hydrogen-bond donors (Lipinski definition) is 4. The SMILES string of the molecule is C/C=C\C.CNCc1ccc2cc(C(N)Nc3ccccc3Cc3ccc(-c4ccc(-c5ccccc5)cc4)cc3)ccc2c1.Cc1ccccc1C(N)c1ccc(-c2ccc(-c3ccccc3)cc2)cc1. The van der Waals surface area contributed by atoms with Gasteiger partial charge in [0.05, 0.1) is 6.04 Å². The number of benzene rings is 10. The van der Waals surface area contributed by atoms with Crippen LogP contribution in [-0.4, -0.2) is 7.05 Å². The van der Waals surface area contributed by atoms with Crippen molar-refractivity contribution in [1.82, 2.24) is 5.32 Å². The lowest BCUT2D eigenvalue weighted by molar-refractivity contribution is 0.819. The highest BCUT2D eigenvalue weighted by Gasteiger charge is 2.13. The third-order valence-electron chi connectivity index (χ3n) is 13.1. The molecule has 0 aromatic heterocycles. The van der Waals surface area contributed by atoms with Gasteiger partial charge in [0.15, 0.2) is 0 Å². The summed E-state index contributed by atoms with van der Waals surface area (Å²) in [5.41, 5.74) is 32.4. The van der Waals surface area contributed by atoms with Gasteiger partial charge in [0, 0.05) is 12.2 Å². The zero-order valence-electron chi connectivity index (χ0n) is 42.0. The van der Waals surface area contributed by atoms with Crippen molar-refractivity contribution in [3.8, 4) is 44.5 Å². The Hall–Kier alpha value is -8.12. The summed E-state index contributed by atoms with van der Waals surface area (Å²) in [6, 6.07) is 85.6. The number of hydrogen-bond acceptors (Lipinski definition) is 4. The number of para-hydroxylation sites is 1. The molecule has 4 heteroatoms. The zero-order chi connectivity index (χ0) is 50.1. The second kappa shape index (κ2) is 25.1. The van der Waals surface area contributed by atoms with Crippen molar-refractivity contribution in [3.63, 3.8) is 0 Å². The van der Waals surface area contributed by atoms with Crippen LogP contribution < -0.4 is 22.1 Å². The number of aryl methyl sites for hydroxylation is 1. The van der Waals surface area contributed by atoms with E-state index in [2.05, 4.69) is 236 Å². The highest BCUT2D eigenvalue weighted by molar-refractivity contribution is 5.84. The van der Waals surface area contributed by atoms with Gasteiger partial charge in [-0.15, -0.1) is 0 Å². The first-order valence-electron chi connectivity index (χ1n) is 25.0. The van der Waals surface area contributed by atoms with Gasteiger partial charge in [-0.25, -0.2) is 0 Å². The van der Waals surface area contributed by atoms with Crippen LogP contribution in [0.4, 0.5) is 5.69 Å². The van der Waals surface area contributed by atoms with E-state index >= 15 is 0 Å². The minimum absolute atomic E-state index is 0.0966. The summed E-state index contributed by atoms with van der Waals surface area (Å²) in [6.07, 6.45) is 4.52. The number of nitrogens with one attached hydrogen (secondary N) is 2. The van der Waals surface area contributed by atoms with Gasteiger partial charge in [-0.1, -0.05) is 237 Å². The lowest BCUT2D eigenvalue weighted by atomic mass is 9.94. The Labute approximate surface area is 427 Å². The molecule has 2 unspecified atom stereocenters. The quantitative estimate of drug-likeness (QED) is 0.0686. The first-order valence-corrected chi connectivity index (χ1v) is 25.0. The van der Waals surface area contributed by atoms with Gasteiger partial charge in [0.2, 0.25) is 0 Å². The molecule has 0 spiro atoms. The molecule has 0 aliphatic carbocycles. The minimum atomic E-state index is -0.307. The van der Waals surface area contributed by atoms with Crippen molar-refractivity contribution >= 4 is 16.5 Å². The Morgan fingerprint density at radius 2 is 0.833 bits per heavy atom. The average molecular weight is 939 g/mol. The second-order valence-corrected chi connectivity index (χ2v) is 18.1. The van der Waals surface area contributed by atoms with E-state index in [0.717, 1.165) is 29.8 Å². The van der Waals surface area contributed by atoms with E-state index in [1.165, 1.54) is 83.1 Å². The van der Waals surface area contributed by atoms with Crippen molar-refractivity contribution in [1.29, 1.82) is 0 Å². The highest BCUT2D eigenvalue weighted by Crippen LogP contribution is 2.30. The molecule has 0 amide bonds. The van der Waals surface area contributed by atoms with Gasteiger partial charge >= 0.3 is 0 Å². The Morgan fingerprint density at radius 1 is 0.417 bits per heavy atom. The molecule has 358 valence electrons. The molecule has 0 radical (unpaired) electrons. The molecule has 10 rings (SSSR count). The minimum Gasteiger partial charge on any atom is -0.366 e. The summed E-state index contributed by atoms with van der Waals surface area (Å²) < 4.78 is 0. The van der Waals surface area contributed by atoms with Crippen LogP contribution in [0.3, 0.4) is 0 Å². The van der Waals surface area contributed by atoms with Gasteiger partial charge in [0.25, 0.3) is 0 Å². The normalized spacial score (nSPS) is 11.8. The molecule has 0 saturated heterocycles. The van der Waals surface area contributed by atoms with Gasteiger partial charge < -0.3 is 22.1 Å². The van der Waals surface area contributed by atoms with Crippen LogP contribution in [0.5, 0.6) is 0 Å². The van der Waals surface area contributed by atoms with E-state index in [-0.39, 0.29) is 12.2 Å². The summed E-state index contributed by atoms with van der Waals surface area (Å²) in [5.74, 6) is 0. The van der Waals surface area contributed by atoms with Gasteiger partial charge in [-0.3, -0.25) is 0 Å². The predicted molar refractivity (Wildman–Crippen MR) is 309 cm³/mol. The first kappa shape index (κ1) is 50.3. The monoisotopic (exact) mass is 939 g/mol. The molecule has 0 heterocycles. The van der Waals surface area contributed by atoms with Crippen molar-refractivity contribution < 1.29 is 0 Å². The summed E-state index contributed by atoms with van der Waals surface area (Å²) in [7, 11) is 1.97. The summed E-state index contributed by atoms with van der Waals surface area (Å²) in [5, 5.41) is 9.21. The third kappa shape index (κ3) is 13.2. The van der Waals surface area contributed by atoms with Crippen LogP contribution in [0.2, 0.25) is 0 Å². The largest absolute Gasteiger partial charge is 0.366 e. The maximum absolute atomic E-state index is 6.67. The van der Waals surface area contributed by atoms with E-state index in [9.17, 15) is 0 Å². The fourth-order valence-electron chi connectivity index (χ4n) is 8.89. The molecular weight excluding hydrogens is 873 g/mol. The molecule has 72 heavy (non-hydrogen) atoms. The Kier molecular flexibility index (Phi) is 17.5. The number of anilines is 1. The van der Waals surface area contributed by atoms with E-state index < -0.39 is 0 Å². The first-order chi connectivity index (χ1) is 35.3. The summed E-state index contributed by atoms with van der Waals surface area (Å²) >= 11 is 0. The van der Waals surface area contributed by atoms with E-state index in [4.69, 9.17) is 11.5 Å². The standard InChI is InChI=1S/C38H35N3.C26H23N.C4H8/c1-40-26-28-13-16-34-25-36(22-21-33(34)24-28)38(39)41-37-10-6-5-9-35(37)23-27-11-14-30(15-12-27)32-19-17-31(18-20-32)29-7-3-2-4-8-29;1-19-7-5-6-10-25(19)26(27)24-17-15-23(16-18-24)22-13-11-21(12-14-22)20-8-3-2-4-9-20;1-3-4-2/h2-22,24-25,38,40-41H,23,26,39H2,1H3;2-18,26H,27H2,1H3;3-4H,1-2H3/b;;4-3-. The zero-order valence-corrected chi connectivity index (χ0v) is 42.0. The smallest absolute Gasteiger partial charge is 0.101 e. The maximum Gasteiger partial charge on any atom is 0.101 e. The van der Waals surface area contributed by atoms with Crippen molar-refractivity contribution in [2.45, 2.75) is 45.9 Å². The van der Waals surface area contributed by atoms with Crippen molar-refractivity contribution in [2.24, 2.45) is 11.5 Å². The van der Waals surface area contributed by atoms with E-state index in [1.807, 2.05) is 57.3 Å². The molecule has 4 nitrogen and oxygen atoms in total. The van der Waals surface area contributed by atoms with Crippen LogP contribution in [-0.2, 0) is 13.0 Å². The van der Waals surface area contributed by atoms with Crippen molar-refractivity contribution in [3.05, 3.63) is 294 Å². The predicted octanol–water partition coefficient (Wildman–Crippen LogP) is 16.5. The summed E-state index contributed by atoms with van der Waals surface area (Å²) in [4.78, 5) is 0. The Balaban J connectivity index is 0.000000193. The Morgan fingerprint density at radius 3 is 1.36 bits per heavy atom. The van der Waals surface area contributed by atoms with Crippen molar-refractivity contribution in [2.75, 3.05) is 12.4 Å². The topological polar surface area (TPSA) is 76.1 Å². The molecule has 2 atom stereocenters. The number of nitrogens with two attached hydrogens (primary N) is 2. The lowest BCUT2D eigenvalue weighted by Gasteiger charge is -2.19.